The fourth-order valence-electron chi connectivity index (χ4n) is 5.24. The summed E-state index contributed by atoms with van der Waals surface area (Å²) in [6.45, 7) is 10.4. The van der Waals surface area contributed by atoms with Gasteiger partial charge in [0.05, 0.1) is 25.9 Å². The SMILES string of the molecule is CCOC(=O)c1[nH]c2cc(Cl)ccc2c1C(N[C@@H](CC(C)C)C(=O)NCCN1CCOCC1)C(=O)NCc1ccccc1. The van der Waals surface area contributed by atoms with E-state index in [1.165, 1.54) is 0 Å². The van der Waals surface area contributed by atoms with Gasteiger partial charge in [-0.15, -0.1) is 0 Å². The van der Waals surface area contributed by atoms with Crippen LogP contribution < -0.4 is 16.0 Å². The molecule has 1 saturated heterocycles. The van der Waals surface area contributed by atoms with E-state index in [4.69, 9.17) is 21.1 Å². The first kappa shape index (κ1) is 32.5. The molecule has 0 spiro atoms. The predicted octanol–water partition coefficient (Wildman–Crippen LogP) is 3.81. The van der Waals surface area contributed by atoms with Crippen molar-refractivity contribution in [3.8, 4) is 0 Å². The monoisotopic (exact) mass is 611 g/mol. The fourth-order valence-corrected chi connectivity index (χ4v) is 5.41. The van der Waals surface area contributed by atoms with Crippen LogP contribution in [0.25, 0.3) is 10.9 Å². The molecule has 2 heterocycles. The molecule has 0 radical (unpaired) electrons. The Morgan fingerprint density at radius 3 is 2.49 bits per heavy atom. The summed E-state index contributed by atoms with van der Waals surface area (Å²) in [4.78, 5) is 46.1. The van der Waals surface area contributed by atoms with Gasteiger partial charge >= 0.3 is 5.97 Å². The number of carbonyl (C=O) groups excluding carboxylic acids is 3. The normalized spacial score (nSPS) is 15.3. The maximum absolute atomic E-state index is 14.0. The number of fused-ring (bicyclic) bond motifs is 1. The molecule has 1 fully saturated rings. The molecule has 2 aromatic carbocycles. The van der Waals surface area contributed by atoms with Crippen molar-refractivity contribution in [2.24, 2.45) is 5.92 Å². The van der Waals surface area contributed by atoms with Crippen LogP contribution in [0.1, 0.15) is 54.8 Å². The number of nitrogens with one attached hydrogen (secondary N) is 4. The van der Waals surface area contributed by atoms with E-state index < -0.39 is 18.1 Å². The highest BCUT2D eigenvalue weighted by Gasteiger charge is 2.34. The summed E-state index contributed by atoms with van der Waals surface area (Å²) < 4.78 is 10.8. The molecular formula is C32H42ClN5O5. The number of amides is 2. The summed E-state index contributed by atoms with van der Waals surface area (Å²) in [6.07, 6.45) is 0.481. The molecule has 2 amide bonds. The third-order valence-electron chi connectivity index (χ3n) is 7.36. The number of hydrogen-bond acceptors (Lipinski definition) is 7. The van der Waals surface area contributed by atoms with E-state index >= 15 is 0 Å². The van der Waals surface area contributed by atoms with Crippen molar-refractivity contribution in [1.82, 2.24) is 25.8 Å². The minimum atomic E-state index is -1.05. The van der Waals surface area contributed by atoms with Crippen LogP contribution in [0, 0.1) is 5.92 Å². The molecule has 11 heteroatoms. The Kier molecular flexibility index (Phi) is 12.0. The van der Waals surface area contributed by atoms with E-state index in [1.54, 1.807) is 25.1 Å². The summed E-state index contributed by atoms with van der Waals surface area (Å²) in [7, 11) is 0. The first-order valence-corrected chi connectivity index (χ1v) is 15.3. The number of carbonyl (C=O) groups is 3. The zero-order valence-corrected chi connectivity index (χ0v) is 25.8. The van der Waals surface area contributed by atoms with E-state index in [0.717, 1.165) is 18.7 Å². The Bertz CT molecular complexity index is 1370. The number of nitrogens with zero attached hydrogens (tertiary/aromatic N) is 1. The highest BCUT2D eigenvalue weighted by Crippen LogP contribution is 2.32. The Morgan fingerprint density at radius 2 is 1.79 bits per heavy atom. The van der Waals surface area contributed by atoms with Gasteiger partial charge in [-0.1, -0.05) is 61.8 Å². The second kappa shape index (κ2) is 15.9. The van der Waals surface area contributed by atoms with Gasteiger partial charge in [-0.3, -0.25) is 19.8 Å². The molecule has 0 saturated carbocycles. The first-order chi connectivity index (χ1) is 20.8. The lowest BCUT2D eigenvalue weighted by Crippen LogP contribution is -2.51. The number of rotatable bonds is 14. The van der Waals surface area contributed by atoms with Crippen molar-refractivity contribution in [2.45, 2.75) is 45.8 Å². The number of halogens is 1. The minimum absolute atomic E-state index is 0.141. The Balaban J connectivity index is 1.66. The van der Waals surface area contributed by atoms with Crippen LogP contribution in [0.4, 0.5) is 0 Å². The lowest BCUT2D eigenvalue weighted by molar-refractivity contribution is -0.126. The Hall–Kier alpha value is -3.44. The maximum atomic E-state index is 14.0. The maximum Gasteiger partial charge on any atom is 0.355 e. The van der Waals surface area contributed by atoms with Crippen LogP contribution >= 0.6 is 11.6 Å². The third kappa shape index (κ3) is 9.03. The second-order valence-electron chi connectivity index (χ2n) is 11.1. The van der Waals surface area contributed by atoms with Gasteiger partial charge in [-0.25, -0.2) is 4.79 Å². The standard InChI is InChI=1S/C32H42ClN5O5/c1-4-43-32(41)29-27(24-11-10-23(33)19-25(24)36-29)28(31(40)35-20-22-8-6-5-7-9-22)37-26(18-21(2)3)30(39)34-12-13-38-14-16-42-17-15-38/h5-11,19,21,26,28,36-37H,4,12-18,20H2,1-3H3,(H,34,39)(H,35,40)/t26-,28?/m0/s1. The topological polar surface area (TPSA) is 125 Å². The van der Waals surface area contributed by atoms with Crippen LogP contribution in [0.15, 0.2) is 48.5 Å². The van der Waals surface area contributed by atoms with E-state index in [2.05, 4.69) is 25.8 Å². The molecule has 0 aliphatic carbocycles. The van der Waals surface area contributed by atoms with Crippen LogP contribution in [0.5, 0.6) is 0 Å². The molecule has 232 valence electrons. The summed E-state index contributed by atoms with van der Waals surface area (Å²) in [5, 5.41) is 10.5. The Morgan fingerprint density at radius 1 is 1.05 bits per heavy atom. The van der Waals surface area contributed by atoms with Crippen LogP contribution in [-0.2, 0) is 25.6 Å². The lowest BCUT2D eigenvalue weighted by Gasteiger charge is -2.28. The quantitative estimate of drug-likeness (QED) is 0.204. The van der Waals surface area contributed by atoms with Gasteiger partial charge < -0.3 is 25.1 Å². The highest BCUT2D eigenvalue weighted by molar-refractivity contribution is 6.31. The largest absolute Gasteiger partial charge is 0.461 e. The highest BCUT2D eigenvalue weighted by atomic mass is 35.5. The van der Waals surface area contributed by atoms with Crippen molar-refractivity contribution in [1.29, 1.82) is 0 Å². The van der Waals surface area contributed by atoms with Crippen LogP contribution in [0.2, 0.25) is 5.02 Å². The molecule has 1 unspecified atom stereocenters. The van der Waals surface area contributed by atoms with Crippen molar-refractivity contribution >= 4 is 40.3 Å². The zero-order valence-electron chi connectivity index (χ0n) is 25.1. The van der Waals surface area contributed by atoms with Crippen molar-refractivity contribution in [2.75, 3.05) is 46.0 Å². The van der Waals surface area contributed by atoms with Crippen LogP contribution in [-0.4, -0.2) is 79.7 Å². The molecule has 4 N–H and O–H groups in total. The van der Waals surface area contributed by atoms with Gasteiger partial charge in [-0.2, -0.15) is 0 Å². The summed E-state index contributed by atoms with van der Waals surface area (Å²) in [6, 6.07) is 13.0. The number of H-pyrrole nitrogens is 1. The van der Waals surface area contributed by atoms with E-state index in [0.29, 0.717) is 54.2 Å². The molecule has 43 heavy (non-hydrogen) atoms. The number of aromatic amines is 1. The molecular weight excluding hydrogens is 570 g/mol. The number of ether oxygens (including phenoxy) is 2. The van der Waals surface area contributed by atoms with Gasteiger partial charge in [-0.05, 0) is 37.0 Å². The van der Waals surface area contributed by atoms with E-state index in [9.17, 15) is 14.4 Å². The van der Waals surface area contributed by atoms with Gasteiger partial charge in [0.15, 0.2) is 0 Å². The van der Waals surface area contributed by atoms with Crippen molar-refractivity contribution in [3.05, 3.63) is 70.4 Å². The average molecular weight is 612 g/mol. The summed E-state index contributed by atoms with van der Waals surface area (Å²) in [5.41, 5.74) is 2.06. The lowest BCUT2D eigenvalue weighted by atomic mass is 9.97. The number of esters is 1. The molecule has 0 bridgehead atoms. The van der Waals surface area contributed by atoms with Gasteiger partial charge in [0.25, 0.3) is 0 Å². The summed E-state index contributed by atoms with van der Waals surface area (Å²) in [5.74, 6) is -1.02. The number of morpholine rings is 1. The number of benzene rings is 2. The smallest absolute Gasteiger partial charge is 0.355 e. The first-order valence-electron chi connectivity index (χ1n) is 14.9. The second-order valence-corrected chi connectivity index (χ2v) is 11.5. The molecule has 1 aliphatic heterocycles. The number of aromatic nitrogens is 1. The molecule has 10 nitrogen and oxygen atoms in total. The average Bonchev–Trinajstić information content (AvgIpc) is 3.37. The third-order valence-corrected chi connectivity index (χ3v) is 7.60. The molecule has 1 aromatic heterocycles. The van der Waals surface area contributed by atoms with Gasteiger partial charge in [0, 0.05) is 54.2 Å². The van der Waals surface area contributed by atoms with E-state index in [-0.39, 0.29) is 36.6 Å². The zero-order chi connectivity index (χ0) is 30.8. The number of hydrogen-bond donors (Lipinski definition) is 4. The van der Waals surface area contributed by atoms with Gasteiger partial charge in [0.2, 0.25) is 11.8 Å². The Labute approximate surface area is 257 Å². The molecule has 2 atom stereocenters. The van der Waals surface area contributed by atoms with Gasteiger partial charge in [0.1, 0.15) is 11.7 Å². The fraction of sp³-hybridized carbons (Fsp3) is 0.469. The summed E-state index contributed by atoms with van der Waals surface area (Å²) >= 11 is 6.27. The van der Waals surface area contributed by atoms with Crippen molar-refractivity contribution in [3.63, 3.8) is 0 Å². The minimum Gasteiger partial charge on any atom is -0.461 e. The predicted molar refractivity (Wildman–Crippen MR) is 167 cm³/mol. The molecule has 4 rings (SSSR count). The molecule has 1 aliphatic rings. The van der Waals surface area contributed by atoms with E-state index in [1.807, 2.05) is 44.2 Å². The van der Waals surface area contributed by atoms with Crippen LogP contribution in [0.3, 0.4) is 0 Å². The molecule has 3 aromatic rings. The van der Waals surface area contributed by atoms with Crippen molar-refractivity contribution < 1.29 is 23.9 Å².